The van der Waals surface area contributed by atoms with Crippen LogP contribution in [0.2, 0.25) is 0 Å². The lowest BCUT2D eigenvalue weighted by atomic mass is 9.88. The number of carbonyl (C=O) groups is 1. The molecule has 26 heavy (non-hydrogen) atoms. The molecule has 0 radical (unpaired) electrons. The van der Waals surface area contributed by atoms with E-state index in [0.717, 1.165) is 24.5 Å². The highest BCUT2D eigenvalue weighted by Gasteiger charge is 2.42. The van der Waals surface area contributed by atoms with E-state index in [1.165, 1.54) is 0 Å². The summed E-state index contributed by atoms with van der Waals surface area (Å²) in [6.45, 7) is 1.09. The fourth-order valence-corrected chi connectivity index (χ4v) is 4.56. The zero-order valence-corrected chi connectivity index (χ0v) is 14.5. The number of primary amides is 1. The molecule has 140 valence electrons. The number of alkyl halides is 2. The minimum Gasteiger partial charge on any atom is -0.367 e. The lowest BCUT2D eigenvalue weighted by Crippen LogP contribution is -2.43. The van der Waals surface area contributed by atoms with Crippen molar-refractivity contribution in [2.75, 3.05) is 18.0 Å². The summed E-state index contributed by atoms with van der Waals surface area (Å²) < 4.78 is 43.2. The molecule has 0 bridgehead atoms. The van der Waals surface area contributed by atoms with Crippen LogP contribution in [-0.4, -0.2) is 31.0 Å². The standard InChI is InChI=1S/C19H22F3N3O/c20-15-7-13(18(24)26)12-6-10-3-4-19(21,22)8-14(10)16(12)17(15)25-5-1-2-11(23)9-25/h7,11H,1-6,8-9,23H2,(H2,24,26)/t11-/m0/s1. The van der Waals surface area contributed by atoms with Gasteiger partial charge in [-0.25, -0.2) is 13.2 Å². The number of nitrogens with zero attached hydrogens (tertiary/aromatic N) is 1. The number of hydrogen-bond acceptors (Lipinski definition) is 3. The molecule has 0 saturated carbocycles. The number of hydrogen-bond donors (Lipinski definition) is 2. The maximum atomic E-state index is 15.0. The molecule has 2 aliphatic carbocycles. The predicted octanol–water partition coefficient (Wildman–Crippen LogP) is 2.98. The maximum absolute atomic E-state index is 15.0. The second-order valence-electron chi connectivity index (χ2n) is 7.61. The maximum Gasteiger partial charge on any atom is 0.252 e. The van der Waals surface area contributed by atoms with E-state index in [2.05, 4.69) is 0 Å². The molecule has 1 aliphatic heterocycles. The molecule has 4 rings (SSSR count). The summed E-state index contributed by atoms with van der Waals surface area (Å²) in [6, 6.07) is 1.07. The van der Waals surface area contributed by atoms with E-state index in [1.54, 1.807) is 0 Å². The van der Waals surface area contributed by atoms with Crippen molar-refractivity contribution in [3.8, 4) is 0 Å². The highest BCUT2D eigenvalue weighted by atomic mass is 19.3. The Kier molecular flexibility index (Phi) is 4.02. The Balaban J connectivity index is 1.90. The van der Waals surface area contributed by atoms with Crippen molar-refractivity contribution in [3.63, 3.8) is 0 Å². The second kappa shape index (κ2) is 6.01. The summed E-state index contributed by atoms with van der Waals surface area (Å²) in [5, 5.41) is 0. The summed E-state index contributed by atoms with van der Waals surface area (Å²) in [4.78, 5) is 13.7. The third-order valence-corrected chi connectivity index (χ3v) is 5.75. The van der Waals surface area contributed by atoms with Crippen LogP contribution < -0.4 is 16.4 Å². The molecular formula is C19H22F3N3O. The van der Waals surface area contributed by atoms with Crippen LogP contribution in [0.3, 0.4) is 0 Å². The van der Waals surface area contributed by atoms with Crippen LogP contribution in [0.1, 0.15) is 53.6 Å². The third kappa shape index (κ3) is 2.78. The molecule has 1 atom stereocenters. The summed E-state index contributed by atoms with van der Waals surface area (Å²) >= 11 is 0. The number of rotatable bonds is 2. The monoisotopic (exact) mass is 365 g/mol. The first-order chi connectivity index (χ1) is 12.3. The number of nitrogens with two attached hydrogens (primary N) is 2. The molecule has 0 spiro atoms. The van der Waals surface area contributed by atoms with E-state index in [1.807, 2.05) is 4.90 Å². The molecule has 0 unspecified atom stereocenters. The Bertz CT molecular complexity index is 819. The number of fused-ring (bicyclic) bond motifs is 2. The number of amides is 1. The van der Waals surface area contributed by atoms with E-state index in [0.29, 0.717) is 41.9 Å². The summed E-state index contributed by atoms with van der Waals surface area (Å²) in [5.41, 5.74) is 14.3. The first-order valence-corrected chi connectivity index (χ1v) is 9.01. The number of benzene rings is 1. The van der Waals surface area contributed by atoms with E-state index in [-0.39, 0.29) is 24.4 Å². The van der Waals surface area contributed by atoms with Gasteiger partial charge in [0.1, 0.15) is 5.82 Å². The smallest absolute Gasteiger partial charge is 0.252 e. The average Bonchev–Trinajstić information content (AvgIpc) is 2.91. The molecule has 7 heteroatoms. The Labute approximate surface area is 150 Å². The lowest BCUT2D eigenvalue weighted by Gasteiger charge is -2.35. The van der Waals surface area contributed by atoms with E-state index in [4.69, 9.17) is 11.5 Å². The van der Waals surface area contributed by atoms with E-state index < -0.39 is 24.1 Å². The minimum absolute atomic E-state index is 0.0859. The van der Waals surface area contributed by atoms with Crippen molar-refractivity contribution in [1.82, 2.24) is 0 Å². The zero-order chi connectivity index (χ0) is 18.6. The molecule has 1 aromatic rings. The van der Waals surface area contributed by atoms with Crippen molar-refractivity contribution in [2.45, 2.75) is 50.5 Å². The highest BCUT2D eigenvalue weighted by Crippen LogP contribution is 2.51. The first-order valence-electron chi connectivity index (χ1n) is 9.01. The number of allylic oxidation sites excluding steroid dienone is 2. The average molecular weight is 365 g/mol. The van der Waals surface area contributed by atoms with Crippen molar-refractivity contribution in [2.24, 2.45) is 11.5 Å². The van der Waals surface area contributed by atoms with Crippen molar-refractivity contribution < 1.29 is 18.0 Å². The minimum atomic E-state index is -2.81. The predicted molar refractivity (Wildman–Crippen MR) is 93.8 cm³/mol. The Hall–Kier alpha value is -2.02. The molecule has 1 aromatic carbocycles. The number of carbonyl (C=O) groups excluding carboxylic acids is 1. The molecule has 1 heterocycles. The van der Waals surface area contributed by atoms with E-state index >= 15 is 4.39 Å². The number of anilines is 1. The molecule has 4 nitrogen and oxygen atoms in total. The topological polar surface area (TPSA) is 72.4 Å². The summed E-state index contributed by atoms with van der Waals surface area (Å²) in [6.07, 6.45) is 1.70. The fourth-order valence-electron chi connectivity index (χ4n) is 4.56. The van der Waals surface area contributed by atoms with Gasteiger partial charge >= 0.3 is 0 Å². The second-order valence-corrected chi connectivity index (χ2v) is 7.61. The van der Waals surface area contributed by atoms with Crippen molar-refractivity contribution in [1.29, 1.82) is 0 Å². The number of halogens is 3. The van der Waals surface area contributed by atoms with Crippen LogP contribution in [0.4, 0.5) is 18.9 Å². The molecule has 1 fully saturated rings. The Morgan fingerprint density at radius 3 is 2.81 bits per heavy atom. The van der Waals surface area contributed by atoms with Crippen molar-refractivity contribution >= 4 is 17.2 Å². The molecular weight excluding hydrogens is 343 g/mol. The molecule has 1 amide bonds. The first kappa shape index (κ1) is 17.4. The normalized spacial score (nSPS) is 24.5. The van der Waals surface area contributed by atoms with Gasteiger partial charge in [0.15, 0.2) is 0 Å². The van der Waals surface area contributed by atoms with Gasteiger partial charge in [0.05, 0.1) is 5.69 Å². The molecule has 0 aromatic heterocycles. The highest BCUT2D eigenvalue weighted by molar-refractivity contribution is 5.99. The van der Waals surface area contributed by atoms with Gasteiger partial charge in [0, 0.05) is 43.1 Å². The van der Waals surface area contributed by atoms with E-state index in [9.17, 15) is 13.6 Å². The van der Waals surface area contributed by atoms with Crippen molar-refractivity contribution in [3.05, 3.63) is 34.1 Å². The molecule has 3 aliphatic rings. The summed E-state index contributed by atoms with van der Waals surface area (Å²) in [5.74, 6) is -4.13. The summed E-state index contributed by atoms with van der Waals surface area (Å²) in [7, 11) is 0. The quantitative estimate of drug-likeness (QED) is 0.846. The number of piperidine rings is 1. The molecule has 1 saturated heterocycles. The van der Waals surface area contributed by atoms with Gasteiger partial charge in [-0.05, 0) is 42.9 Å². The van der Waals surface area contributed by atoms with Crippen LogP contribution in [-0.2, 0) is 6.42 Å². The van der Waals surface area contributed by atoms with Gasteiger partial charge in [-0.2, -0.15) is 0 Å². The Morgan fingerprint density at radius 2 is 2.12 bits per heavy atom. The Morgan fingerprint density at radius 1 is 1.35 bits per heavy atom. The van der Waals surface area contributed by atoms with Gasteiger partial charge in [0.2, 0.25) is 5.91 Å². The van der Waals surface area contributed by atoms with Crippen LogP contribution in [0.5, 0.6) is 0 Å². The zero-order valence-electron chi connectivity index (χ0n) is 14.5. The van der Waals surface area contributed by atoms with Crippen LogP contribution in [0, 0.1) is 5.82 Å². The van der Waals surface area contributed by atoms with Gasteiger partial charge < -0.3 is 16.4 Å². The molecule has 4 N–H and O–H groups in total. The van der Waals surface area contributed by atoms with Gasteiger partial charge in [-0.1, -0.05) is 5.57 Å². The van der Waals surface area contributed by atoms with Crippen LogP contribution in [0.15, 0.2) is 11.6 Å². The van der Waals surface area contributed by atoms with Crippen LogP contribution >= 0.6 is 0 Å². The van der Waals surface area contributed by atoms with Gasteiger partial charge in [-0.15, -0.1) is 0 Å². The van der Waals surface area contributed by atoms with Gasteiger partial charge in [0.25, 0.3) is 5.92 Å². The SMILES string of the molecule is NC(=O)c1cc(F)c(N2CCC[C@H](N)C2)c2c1CC1=C2CC(F)(F)CC1. The fraction of sp³-hybridized carbons (Fsp3) is 0.526. The lowest BCUT2D eigenvalue weighted by molar-refractivity contribution is -0.00546. The van der Waals surface area contributed by atoms with Crippen LogP contribution in [0.25, 0.3) is 5.57 Å². The largest absolute Gasteiger partial charge is 0.367 e. The van der Waals surface area contributed by atoms with Gasteiger partial charge in [-0.3, -0.25) is 4.79 Å². The third-order valence-electron chi connectivity index (χ3n) is 5.75.